The minimum atomic E-state index is -1.80. The first-order chi connectivity index (χ1) is 10.8. The molecule has 7 heteroatoms. The number of alkyl carbamates (subject to hydrolysis) is 1. The third-order valence-electron chi connectivity index (χ3n) is 4.93. The number of hydrogen-bond acceptors (Lipinski definition) is 5. The number of hydrogen-bond donors (Lipinski definition) is 1. The molecule has 2 aliphatic heterocycles. The number of amides is 1. The smallest absolute Gasteiger partial charge is 0.408 e. The van der Waals surface area contributed by atoms with Crippen LogP contribution in [0, 0.1) is 0 Å². The van der Waals surface area contributed by atoms with Crippen LogP contribution in [0.15, 0.2) is 0 Å². The van der Waals surface area contributed by atoms with Gasteiger partial charge in [-0.15, -0.1) is 0 Å². The van der Waals surface area contributed by atoms with Gasteiger partial charge in [-0.2, -0.15) is 0 Å². The second-order valence-corrected chi connectivity index (χ2v) is 14.1. The molecule has 0 aromatic rings. The summed E-state index contributed by atoms with van der Waals surface area (Å²) in [5.41, 5.74) is -0.511. The highest BCUT2D eigenvalue weighted by molar-refractivity contribution is 6.74. The molecule has 0 bridgehead atoms. The van der Waals surface area contributed by atoms with Crippen molar-refractivity contribution in [3.8, 4) is 0 Å². The summed E-state index contributed by atoms with van der Waals surface area (Å²) in [6.45, 7) is 17.6. The maximum Gasteiger partial charge on any atom is 0.408 e. The van der Waals surface area contributed by atoms with Gasteiger partial charge in [-0.25, -0.2) is 4.79 Å². The Morgan fingerprint density at radius 2 is 1.79 bits per heavy atom. The van der Waals surface area contributed by atoms with Gasteiger partial charge >= 0.3 is 6.09 Å². The Labute approximate surface area is 146 Å². The molecule has 140 valence electrons. The molecule has 2 aliphatic rings. The highest BCUT2D eigenvalue weighted by Gasteiger charge is 2.55. The van der Waals surface area contributed by atoms with Crippen LogP contribution in [-0.2, 0) is 18.6 Å². The topological polar surface area (TPSA) is 69.3 Å². The first-order valence-electron chi connectivity index (χ1n) is 8.71. The first-order valence-corrected chi connectivity index (χ1v) is 11.6. The molecule has 0 spiro atoms. The highest BCUT2D eigenvalue weighted by atomic mass is 28.4. The molecular formula is C17H33NO5Si. The lowest BCUT2D eigenvalue weighted by molar-refractivity contribution is -0.0191. The Morgan fingerprint density at radius 1 is 1.17 bits per heavy atom. The van der Waals surface area contributed by atoms with Gasteiger partial charge in [0.15, 0.2) is 8.32 Å². The quantitative estimate of drug-likeness (QED) is 0.617. The van der Waals surface area contributed by atoms with E-state index in [0.29, 0.717) is 13.2 Å². The summed E-state index contributed by atoms with van der Waals surface area (Å²) in [5, 5.41) is 3.01. The number of carbonyl (C=O) groups is 1. The lowest BCUT2D eigenvalue weighted by Gasteiger charge is -2.37. The molecular weight excluding hydrogens is 326 g/mol. The summed E-state index contributed by atoms with van der Waals surface area (Å²) in [4.78, 5) is 11.9. The van der Waals surface area contributed by atoms with Gasteiger partial charge in [-0.05, 0) is 38.9 Å². The molecule has 24 heavy (non-hydrogen) atoms. The van der Waals surface area contributed by atoms with E-state index >= 15 is 0 Å². The van der Waals surface area contributed by atoms with Gasteiger partial charge in [-0.3, -0.25) is 0 Å². The number of carbonyl (C=O) groups excluding carboxylic acids is 1. The van der Waals surface area contributed by atoms with Crippen LogP contribution in [-0.4, -0.2) is 57.6 Å². The van der Waals surface area contributed by atoms with Crippen molar-refractivity contribution in [2.45, 2.75) is 89.6 Å². The zero-order chi connectivity index (χ0) is 18.3. The molecule has 2 heterocycles. The standard InChI is InChI=1S/C17H33NO5Si/c1-16(2,3)23-15(19)18-11-9-20-12(14-13(11)22-14)10-21-24(7,8)17(4,5)6/h11-14H,9-10H2,1-8H3,(H,18,19)/t11-,12?,13?,14?/m0/s1. The Hall–Kier alpha value is -0.633. The molecule has 1 N–H and O–H groups in total. The van der Waals surface area contributed by atoms with E-state index in [-0.39, 0.29) is 29.4 Å². The number of rotatable bonds is 4. The van der Waals surface area contributed by atoms with Gasteiger partial charge in [0, 0.05) is 0 Å². The summed E-state index contributed by atoms with van der Waals surface area (Å²) in [7, 11) is -1.80. The number of nitrogens with one attached hydrogen (secondary N) is 1. The van der Waals surface area contributed by atoms with E-state index in [9.17, 15) is 4.79 Å². The molecule has 2 fully saturated rings. The second kappa shape index (κ2) is 6.59. The summed E-state index contributed by atoms with van der Waals surface area (Å²) < 4.78 is 23.1. The fourth-order valence-corrected chi connectivity index (χ4v) is 3.42. The number of epoxide rings is 1. The second-order valence-electron chi connectivity index (χ2n) is 9.26. The normalized spacial score (nSPS) is 30.5. The van der Waals surface area contributed by atoms with E-state index in [0.717, 1.165) is 0 Å². The Kier molecular flexibility index (Phi) is 5.41. The fraction of sp³-hybridized carbons (Fsp3) is 0.941. The average molecular weight is 360 g/mol. The predicted molar refractivity (Wildman–Crippen MR) is 94.7 cm³/mol. The zero-order valence-electron chi connectivity index (χ0n) is 16.3. The molecule has 6 nitrogen and oxygen atoms in total. The Balaban J connectivity index is 1.79. The van der Waals surface area contributed by atoms with Crippen molar-refractivity contribution in [3.63, 3.8) is 0 Å². The lowest BCUT2D eigenvalue weighted by atomic mass is 10.1. The average Bonchev–Trinajstić information content (AvgIpc) is 3.14. The van der Waals surface area contributed by atoms with Crippen molar-refractivity contribution in [2.24, 2.45) is 0 Å². The van der Waals surface area contributed by atoms with Crippen LogP contribution in [0.1, 0.15) is 41.5 Å². The largest absolute Gasteiger partial charge is 0.444 e. The minimum Gasteiger partial charge on any atom is -0.444 e. The van der Waals surface area contributed by atoms with Crippen molar-refractivity contribution in [3.05, 3.63) is 0 Å². The molecule has 0 aromatic heterocycles. The predicted octanol–water partition coefficient (Wildman–Crippen LogP) is 3.07. The van der Waals surface area contributed by atoms with Gasteiger partial charge in [0.05, 0.1) is 19.3 Å². The highest BCUT2D eigenvalue weighted by Crippen LogP contribution is 2.39. The van der Waals surface area contributed by atoms with E-state index in [4.69, 9.17) is 18.6 Å². The minimum absolute atomic E-state index is 0.000663. The van der Waals surface area contributed by atoms with E-state index in [1.54, 1.807) is 0 Å². The number of fused-ring (bicyclic) bond motifs is 1. The van der Waals surface area contributed by atoms with E-state index in [1.807, 2.05) is 20.8 Å². The van der Waals surface area contributed by atoms with Crippen molar-refractivity contribution in [1.82, 2.24) is 5.32 Å². The molecule has 0 aromatic carbocycles. The lowest BCUT2D eigenvalue weighted by Crippen LogP contribution is -2.51. The Bertz CT molecular complexity index is 469. The third-order valence-corrected chi connectivity index (χ3v) is 9.43. The van der Waals surface area contributed by atoms with Gasteiger partial charge < -0.3 is 24.0 Å². The van der Waals surface area contributed by atoms with Gasteiger partial charge in [0.25, 0.3) is 0 Å². The maximum atomic E-state index is 11.9. The summed E-state index contributed by atoms with van der Waals surface area (Å²) in [5.74, 6) is 0. The summed E-state index contributed by atoms with van der Waals surface area (Å²) >= 11 is 0. The van der Waals surface area contributed by atoms with Crippen molar-refractivity contribution < 1.29 is 23.4 Å². The van der Waals surface area contributed by atoms with Crippen LogP contribution >= 0.6 is 0 Å². The van der Waals surface area contributed by atoms with E-state index in [2.05, 4.69) is 39.2 Å². The van der Waals surface area contributed by atoms with Crippen LogP contribution < -0.4 is 5.32 Å². The molecule has 0 aliphatic carbocycles. The van der Waals surface area contributed by atoms with Crippen molar-refractivity contribution in [1.29, 1.82) is 0 Å². The van der Waals surface area contributed by atoms with Gasteiger partial charge in [0.1, 0.15) is 23.9 Å². The van der Waals surface area contributed by atoms with E-state index < -0.39 is 20.0 Å². The summed E-state index contributed by atoms with van der Waals surface area (Å²) in [6, 6.07) is -0.158. The van der Waals surface area contributed by atoms with Crippen molar-refractivity contribution in [2.75, 3.05) is 13.2 Å². The molecule has 2 rings (SSSR count). The van der Waals surface area contributed by atoms with Crippen LogP contribution in [0.2, 0.25) is 18.1 Å². The fourth-order valence-electron chi connectivity index (χ4n) is 2.41. The monoisotopic (exact) mass is 359 g/mol. The zero-order valence-corrected chi connectivity index (χ0v) is 17.3. The third kappa shape index (κ3) is 4.94. The molecule has 4 atom stereocenters. The van der Waals surface area contributed by atoms with Crippen LogP contribution in [0.4, 0.5) is 4.79 Å². The maximum absolute atomic E-state index is 11.9. The molecule has 0 saturated carbocycles. The van der Waals surface area contributed by atoms with Gasteiger partial charge in [-0.1, -0.05) is 20.8 Å². The molecule has 3 unspecified atom stereocenters. The van der Waals surface area contributed by atoms with Crippen LogP contribution in [0.3, 0.4) is 0 Å². The SMILES string of the molecule is CC(C)(C)OC(=O)N[C@H]1COC(CO[Si](C)(C)C(C)(C)C)C2OC21. The van der Waals surface area contributed by atoms with E-state index in [1.165, 1.54) is 0 Å². The molecule has 1 amide bonds. The van der Waals surface area contributed by atoms with Gasteiger partial charge in [0.2, 0.25) is 0 Å². The summed E-state index contributed by atoms with van der Waals surface area (Å²) in [6.07, 6.45) is -0.482. The van der Waals surface area contributed by atoms with Crippen LogP contribution in [0.5, 0.6) is 0 Å². The van der Waals surface area contributed by atoms with Crippen molar-refractivity contribution >= 4 is 14.4 Å². The first kappa shape index (κ1) is 19.7. The molecule has 2 saturated heterocycles. The molecule has 0 radical (unpaired) electrons. The number of ether oxygens (including phenoxy) is 3. The van der Waals surface area contributed by atoms with Crippen LogP contribution in [0.25, 0.3) is 0 Å². The Morgan fingerprint density at radius 3 is 2.33 bits per heavy atom.